The predicted molar refractivity (Wildman–Crippen MR) is 70.0 cm³/mol. The van der Waals surface area contributed by atoms with Crippen molar-refractivity contribution in [3.05, 3.63) is 40.7 Å². The molecule has 7 heteroatoms. The van der Waals surface area contributed by atoms with E-state index in [1.165, 1.54) is 23.9 Å². The highest BCUT2D eigenvalue weighted by atomic mass is 32.2. The molecule has 0 amide bonds. The fraction of sp³-hybridized carbons (Fsp3) is 0.182. The highest BCUT2D eigenvalue weighted by Crippen LogP contribution is 2.31. The van der Waals surface area contributed by atoms with Crippen LogP contribution < -0.4 is 5.32 Å². The van der Waals surface area contributed by atoms with Crippen molar-refractivity contribution < 1.29 is 4.92 Å². The van der Waals surface area contributed by atoms with Crippen molar-refractivity contribution in [2.75, 3.05) is 11.9 Å². The highest BCUT2D eigenvalue weighted by Gasteiger charge is 2.11. The number of nitro groups is 1. The van der Waals surface area contributed by atoms with E-state index in [4.69, 9.17) is 0 Å². The average Bonchev–Trinajstić information content (AvgIpc) is 2.82. The number of aromatic amines is 1. The van der Waals surface area contributed by atoms with E-state index in [1.54, 1.807) is 12.4 Å². The van der Waals surface area contributed by atoms with Gasteiger partial charge in [-0.2, -0.15) is 0 Å². The summed E-state index contributed by atoms with van der Waals surface area (Å²) in [6.45, 7) is 2.66. The van der Waals surface area contributed by atoms with Crippen molar-refractivity contribution in [3.8, 4) is 0 Å². The number of non-ortho nitro benzene ring substituents is 1. The maximum absolute atomic E-state index is 10.9. The summed E-state index contributed by atoms with van der Waals surface area (Å²) in [6, 6.07) is 4.92. The number of rotatable bonds is 5. The molecule has 94 valence electrons. The number of imidazole rings is 1. The van der Waals surface area contributed by atoms with E-state index in [0.29, 0.717) is 11.7 Å². The molecule has 18 heavy (non-hydrogen) atoms. The van der Waals surface area contributed by atoms with Gasteiger partial charge in [0.05, 0.1) is 4.92 Å². The van der Waals surface area contributed by atoms with Gasteiger partial charge in [0.25, 0.3) is 5.69 Å². The third-order valence-corrected chi connectivity index (χ3v) is 3.06. The van der Waals surface area contributed by atoms with Crippen LogP contribution in [0, 0.1) is 10.1 Å². The summed E-state index contributed by atoms with van der Waals surface area (Å²) in [6.07, 6.45) is 3.36. The lowest BCUT2D eigenvalue weighted by Crippen LogP contribution is -1.98. The largest absolute Gasteiger partial charge is 0.385 e. The Morgan fingerprint density at radius 3 is 2.94 bits per heavy atom. The van der Waals surface area contributed by atoms with Gasteiger partial charge in [-0.3, -0.25) is 10.1 Å². The van der Waals surface area contributed by atoms with E-state index in [-0.39, 0.29) is 5.69 Å². The number of nitrogens with one attached hydrogen (secondary N) is 2. The first-order valence-corrected chi connectivity index (χ1v) is 6.21. The van der Waals surface area contributed by atoms with Gasteiger partial charge in [0.2, 0.25) is 0 Å². The second kappa shape index (κ2) is 5.54. The molecule has 1 aromatic carbocycles. The summed E-state index contributed by atoms with van der Waals surface area (Å²) in [5.41, 5.74) is 0.809. The molecule has 0 aliphatic heterocycles. The van der Waals surface area contributed by atoms with Crippen LogP contribution in [0.3, 0.4) is 0 Å². The summed E-state index contributed by atoms with van der Waals surface area (Å²) in [4.78, 5) is 18.3. The second-order valence-corrected chi connectivity index (χ2v) is 4.56. The molecule has 0 fully saturated rings. The third kappa shape index (κ3) is 3.01. The Morgan fingerprint density at radius 2 is 2.33 bits per heavy atom. The monoisotopic (exact) mass is 264 g/mol. The van der Waals surface area contributed by atoms with Gasteiger partial charge in [0, 0.05) is 41.7 Å². The van der Waals surface area contributed by atoms with Crippen molar-refractivity contribution in [2.24, 2.45) is 0 Å². The third-order valence-electron chi connectivity index (χ3n) is 2.17. The average molecular weight is 264 g/mol. The van der Waals surface area contributed by atoms with Crippen LogP contribution in [0.2, 0.25) is 0 Å². The summed E-state index contributed by atoms with van der Waals surface area (Å²) in [7, 11) is 0. The number of hydrogen-bond donors (Lipinski definition) is 2. The van der Waals surface area contributed by atoms with Crippen molar-refractivity contribution in [1.82, 2.24) is 9.97 Å². The Hall–Kier alpha value is -2.02. The molecule has 1 aromatic heterocycles. The fourth-order valence-electron chi connectivity index (χ4n) is 1.47. The first-order chi connectivity index (χ1) is 8.69. The van der Waals surface area contributed by atoms with Crippen LogP contribution in [0.1, 0.15) is 6.92 Å². The summed E-state index contributed by atoms with van der Waals surface area (Å²) < 4.78 is 0. The molecule has 0 unspecified atom stereocenters. The van der Waals surface area contributed by atoms with Crippen molar-refractivity contribution >= 4 is 23.1 Å². The zero-order chi connectivity index (χ0) is 13.0. The molecule has 0 saturated carbocycles. The quantitative estimate of drug-likeness (QED) is 0.640. The Morgan fingerprint density at radius 1 is 1.50 bits per heavy atom. The van der Waals surface area contributed by atoms with Crippen LogP contribution in [0.25, 0.3) is 0 Å². The van der Waals surface area contributed by atoms with Crippen LogP contribution >= 0.6 is 11.8 Å². The van der Waals surface area contributed by atoms with Gasteiger partial charge in [-0.25, -0.2) is 4.98 Å². The zero-order valence-corrected chi connectivity index (χ0v) is 10.5. The first kappa shape index (κ1) is 12.4. The number of nitro benzene ring substituents is 1. The Kier molecular flexibility index (Phi) is 3.83. The molecule has 6 nitrogen and oxygen atoms in total. The van der Waals surface area contributed by atoms with Gasteiger partial charge in [-0.15, -0.1) is 0 Å². The standard InChI is InChI=1S/C11H12N4O2S/c1-2-12-8-5-9(15(16)17)7-10(6-8)18-11-13-3-4-14-11/h3-7,12H,2H2,1H3,(H,13,14). The van der Waals surface area contributed by atoms with Gasteiger partial charge in [0.1, 0.15) is 0 Å². The maximum atomic E-state index is 10.9. The van der Waals surface area contributed by atoms with E-state index in [0.717, 1.165) is 10.6 Å². The van der Waals surface area contributed by atoms with E-state index < -0.39 is 4.92 Å². The zero-order valence-electron chi connectivity index (χ0n) is 9.71. The molecular weight excluding hydrogens is 252 g/mol. The van der Waals surface area contributed by atoms with E-state index in [2.05, 4.69) is 15.3 Å². The van der Waals surface area contributed by atoms with Gasteiger partial charge in [0.15, 0.2) is 5.16 Å². The van der Waals surface area contributed by atoms with Gasteiger partial charge >= 0.3 is 0 Å². The van der Waals surface area contributed by atoms with Gasteiger partial charge in [-0.1, -0.05) is 11.8 Å². The second-order valence-electron chi connectivity index (χ2n) is 3.50. The molecule has 0 radical (unpaired) electrons. The Labute approximate surface area is 108 Å². The highest BCUT2D eigenvalue weighted by molar-refractivity contribution is 7.99. The minimum Gasteiger partial charge on any atom is -0.385 e. The van der Waals surface area contributed by atoms with E-state index in [9.17, 15) is 10.1 Å². The van der Waals surface area contributed by atoms with Gasteiger partial charge < -0.3 is 10.3 Å². The molecular formula is C11H12N4O2S. The fourth-order valence-corrected chi connectivity index (χ4v) is 2.30. The van der Waals surface area contributed by atoms with Crippen LogP contribution in [-0.4, -0.2) is 21.4 Å². The summed E-state index contributed by atoms with van der Waals surface area (Å²) in [5.74, 6) is 0. The lowest BCUT2D eigenvalue weighted by Gasteiger charge is -2.05. The minimum atomic E-state index is -0.396. The molecule has 0 aliphatic carbocycles. The van der Waals surface area contributed by atoms with Crippen molar-refractivity contribution in [2.45, 2.75) is 17.0 Å². The molecule has 2 rings (SSSR count). The van der Waals surface area contributed by atoms with Crippen LogP contribution in [0.15, 0.2) is 40.6 Å². The smallest absolute Gasteiger partial charge is 0.272 e. The topological polar surface area (TPSA) is 83.8 Å². The summed E-state index contributed by atoms with van der Waals surface area (Å²) in [5, 5.41) is 14.6. The minimum absolute atomic E-state index is 0.0718. The number of anilines is 1. The molecule has 0 atom stereocenters. The lowest BCUT2D eigenvalue weighted by molar-refractivity contribution is -0.385. The molecule has 1 heterocycles. The molecule has 2 N–H and O–H groups in total. The number of hydrogen-bond acceptors (Lipinski definition) is 5. The van der Waals surface area contributed by atoms with Crippen molar-refractivity contribution in [3.63, 3.8) is 0 Å². The first-order valence-electron chi connectivity index (χ1n) is 5.39. The molecule has 0 aliphatic rings. The van der Waals surface area contributed by atoms with Crippen molar-refractivity contribution in [1.29, 1.82) is 0 Å². The molecule has 2 aromatic rings. The van der Waals surface area contributed by atoms with Crippen LogP contribution in [0.5, 0.6) is 0 Å². The molecule has 0 bridgehead atoms. The van der Waals surface area contributed by atoms with E-state index in [1.807, 2.05) is 13.0 Å². The lowest BCUT2D eigenvalue weighted by atomic mass is 10.3. The number of aromatic nitrogens is 2. The van der Waals surface area contributed by atoms with Crippen LogP contribution in [-0.2, 0) is 0 Å². The van der Waals surface area contributed by atoms with E-state index >= 15 is 0 Å². The number of benzene rings is 1. The van der Waals surface area contributed by atoms with Gasteiger partial charge in [-0.05, 0) is 13.0 Å². The SMILES string of the molecule is CCNc1cc(Sc2ncc[nH]2)cc([N+](=O)[O-])c1. The number of H-pyrrole nitrogens is 1. The Bertz CT molecular complexity index is 542. The maximum Gasteiger partial charge on any atom is 0.272 e. The summed E-state index contributed by atoms with van der Waals surface area (Å²) >= 11 is 1.35. The predicted octanol–water partition coefficient (Wildman–Crippen LogP) is 2.90. The normalized spacial score (nSPS) is 10.3. The molecule has 0 saturated heterocycles. The number of nitrogens with zero attached hydrogens (tertiary/aromatic N) is 2. The Balaban J connectivity index is 2.30. The molecule has 0 spiro atoms. The van der Waals surface area contributed by atoms with Crippen LogP contribution in [0.4, 0.5) is 11.4 Å².